The number of nitrogens with zero attached hydrogens (tertiary/aromatic N) is 7. The van der Waals surface area contributed by atoms with E-state index in [-0.39, 0.29) is 0 Å². The van der Waals surface area contributed by atoms with E-state index in [1.54, 1.807) is 18.6 Å². The molecule has 0 saturated heterocycles. The minimum absolute atomic E-state index is 0.777. The lowest BCUT2D eigenvalue weighted by molar-refractivity contribution is 1.22. The summed E-state index contributed by atoms with van der Waals surface area (Å²) < 4.78 is 0. The minimum atomic E-state index is 0.777. The average Bonchev–Trinajstić information content (AvgIpc) is 3.19. The van der Waals surface area contributed by atoms with E-state index < -0.39 is 0 Å². The molecule has 0 radical (unpaired) electrons. The van der Waals surface area contributed by atoms with Crippen molar-refractivity contribution >= 4 is 0 Å². The summed E-state index contributed by atoms with van der Waals surface area (Å²) in [4.78, 5) is 32.8. The van der Waals surface area contributed by atoms with E-state index in [1.165, 1.54) is 0 Å². The van der Waals surface area contributed by atoms with Crippen molar-refractivity contribution in [1.82, 2.24) is 34.9 Å². The average molecular weight is 618 g/mol. The topological polar surface area (TPSA) is 90.2 Å². The third-order valence-electron chi connectivity index (χ3n) is 7.96. The van der Waals surface area contributed by atoms with E-state index in [4.69, 9.17) is 9.97 Å². The lowest BCUT2D eigenvalue weighted by Crippen LogP contribution is -1.94. The maximum atomic E-state index is 5.12. The quantitative estimate of drug-likeness (QED) is 0.176. The molecule has 0 unspecified atom stereocenters. The van der Waals surface area contributed by atoms with E-state index in [2.05, 4.69) is 55.3 Å². The number of rotatable bonds is 7. The van der Waals surface area contributed by atoms with Gasteiger partial charge in [0.2, 0.25) is 0 Å². The molecular formula is C41H27N7. The van der Waals surface area contributed by atoms with Crippen LogP contribution in [0.5, 0.6) is 0 Å². The van der Waals surface area contributed by atoms with Gasteiger partial charge < -0.3 is 0 Å². The van der Waals surface area contributed by atoms with Crippen LogP contribution in [0.2, 0.25) is 0 Å². The van der Waals surface area contributed by atoms with Gasteiger partial charge in [-0.2, -0.15) is 0 Å². The highest BCUT2D eigenvalue weighted by molar-refractivity contribution is 5.82. The Hall–Kier alpha value is -6.73. The van der Waals surface area contributed by atoms with E-state index in [0.717, 1.165) is 79.1 Å². The Morgan fingerprint density at radius 3 is 1.08 bits per heavy atom. The first-order valence-electron chi connectivity index (χ1n) is 15.5. The Labute approximate surface area is 277 Å². The summed E-state index contributed by atoms with van der Waals surface area (Å²) in [6, 6.07) is 44.2. The summed E-state index contributed by atoms with van der Waals surface area (Å²) in [5.74, 6) is 0. The highest BCUT2D eigenvalue weighted by Gasteiger charge is 2.13. The van der Waals surface area contributed by atoms with Crippen LogP contribution in [0.15, 0.2) is 164 Å². The maximum Gasteiger partial charge on any atom is 0.0894 e. The lowest BCUT2D eigenvalue weighted by Gasteiger charge is -2.13. The van der Waals surface area contributed by atoms with Crippen LogP contribution in [-0.2, 0) is 0 Å². The van der Waals surface area contributed by atoms with Crippen molar-refractivity contribution in [2.24, 2.45) is 0 Å². The van der Waals surface area contributed by atoms with Gasteiger partial charge in [0, 0.05) is 36.5 Å². The van der Waals surface area contributed by atoms with Crippen molar-refractivity contribution in [2.45, 2.75) is 0 Å². The molecule has 7 heterocycles. The fraction of sp³-hybridized carbons (Fsp3) is 0. The predicted molar refractivity (Wildman–Crippen MR) is 189 cm³/mol. The van der Waals surface area contributed by atoms with Crippen LogP contribution >= 0.6 is 0 Å². The predicted octanol–water partition coefficient (Wildman–Crippen LogP) is 9.12. The summed E-state index contributed by atoms with van der Waals surface area (Å²) in [5, 5.41) is 0. The van der Waals surface area contributed by atoms with Crippen LogP contribution in [0.4, 0.5) is 0 Å². The van der Waals surface area contributed by atoms with Crippen molar-refractivity contribution < 1.29 is 0 Å². The fourth-order valence-corrected chi connectivity index (χ4v) is 5.61. The first-order valence-corrected chi connectivity index (χ1v) is 15.5. The van der Waals surface area contributed by atoms with Crippen LogP contribution < -0.4 is 0 Å². The standard InChI is InChI=1S/C41H27N7/c1-4-18-42-34(9-1)37-13-8-15-39(48-37)38-14-7-12-33(47-38)32-24-30(28-16-21-45-40(26-28)35-10-2-5-19-43-35)23-31(25-32)29-17-22-46-41(27-29)36-11-3-6-20-44-36/h1-27H. The second-order valence-electron chi connectivity index (χ2n) is 11.1. The second kappa shape index (κ2) is 12.9. The fourth-order valence-electron chi connectivity index (χ4n) is 5.61. The molecule has 0 fully saturated rings. The molecule has 0 saturated carbocycles. The van der Waals surface area contributed by atoms with Crippen molar-refractivity contribution in [1.29, 1.82) is 0 Å². The Kier molecular flexibility index (Phi) is 7.74. The van der Waals surface area contributed by atoms with E-state index in [9.17, 15) is 0 Å². The normalized spacial score (nSPS) is 10.9. The molecule has 0 aliphatic rings. The zero-order chi connectivity index (χ0) is 32.1. The summed E-state index contributed by atoms with van der Waals surface area (Å²) in [6.07, 6.45) is 9.00. The second-order valence-corrected chi connectivity index (χ2v) is 11.1. The van der Waals surface area contributed by atoms with E-state index in [1.807, 2.05) is 116 Å². The molecular weight excluding hydrogens is 591 g/mol. The molecule has 0 aliphatic carbocycles. The number of pyridine rings is 7. The van der Waals surface area contributed by atoms with Crippen molar-refractivity contribution in [3.8, 4) is 79.1 Å². The molecule has 8 aromatic rings. The smallest absolute Gasteiger partial charge is 0.0894 e. The van der Waals surface area contributed by atoms with Gasteiger partial charge in [0.05, 0.1) is 51.2 Å². The van der Waals surface area contributed by atoms with E-state index in [0.29, 0.717) is 0 Å². The third-order valence-corrected chi connectivity index (χ3v) is 7.96. The Bertz CT molecular complexity index is 2240. The van der Waals surface area contributed by atoms with Crippen LogP contribution in [-0.4, -0.2) is 34.9 Å². The van der Waals surface area contributed by atoms with Gasteiger partial charge in [0.15, 0.2) is 0 Å². The molecule has 7 aromatic heterocycles. The molecule has 0 bridgehead atoms. The first-order chi connectivity index (χ1) is 23.8. The Balaban J connectivity index is 1.25. The molecule has 0 spiro atoms. The van der Waals surface area contributed by atoms with Gasteiger partial charge in [-0.3, -0.25) is 24.9 Å². The van der Waals surface area contributed by atoms with Crippen LogP contribution in [0.3, 0.4) is 0 Å². The van der Waals surface area contributed by atoms with Crippen molar-refractivity contribution in [2.75, 3.05) is 0 Å². The zero-order valence-corrected chi connectivity index (χ0v) is 25.7. The molecule has 0 aliphatic heterocycles. The highest BCUT2D eigenvalue weighted by atomic mass is 14.8. The minimum Gasteiger partial charge on any atom is -0.255 e. The molecule has 7 heteroatoms. The number of aromatic nitrogens is 7. The third kappa shape index (κ3) is 6.08. The molecule has 7 nitrogen and oxygen atoms in total. The molecule has 0 N–H and O–H groups in total. The zero-order valence-electron chi connectivity index (χ0n) is 25.7. The van der Waals surface area contributed by atoms with E-state index >= 15 is 0 Å². The molecule has 8 rings (SSSR count). The van der Waals surface area contributed by atoms with Crippen LogP contribution in [0.25, 0.3) is 79.1 Å². The monoisotopic (exact) mass is 617 g/mol. The van der Waals surface area contributed by atoms with Crippen molar-refractivity contribution in [3.05, 3.63) is 164 Å². The summed E-state index contributed by atoms with van der Waals surface area (Å²) >= 11 is 0. The van der Waals surface area contributed by atoms with Gasteiger partial charge in [0.1, 0.15) is 0 Å². The van der Waals surface area contributed by atoms with Gasteiger partial charge in [-0.25, -0.2) is 9.97 Å². The summed E-state index contributed by atoms with van der Waals surface area (Å²) in [7, 11) is 0. The van der Waals surface area contributed by atoms with Gasteiger partial charge in [-0.05, 0) is 125 Å². The van der Waals surface area contributed by atoms with Gasteiger partial charge >= 0.3 is 0 Å². The summed E-state index contributed by atoms with van der Waals surface area (Å²) in [6.45, 7) is 0. The largest absolute Gasteiger partial charge is 0.255 e. The van der Waals surface area contributed by atoms with Crippen LogP contribution in [0.1, 0.15) is 0 Å². The highest BCUT2D eigenvalue weighted by Crippen LogP contribution is 2.35. The van der Waals surface area contributed by atoms with Gasteiger partial charge in [0.25, 0.3) is 0 Å². The van der Waals surface area contributed by atoms with Gasteiger partial charge in [-0.15, -0.1) is 0 Å². The van der Waals surface area contributed by atoms with Gasteiger partial charge in [-0.1, -0.05) is 30.3 Å². The molecule has 48 heavy (non-hydrogen) atoms. The number of hydrogen-bond donors (Lipinski definition) is 0. The maximum absolute atomic E-state index is 5.12. The number of hydrogen-bond acceptors (Lipinski definition) is 7. The van der Waals surface area contributed by atoms with Crippen molar-refractivity contribution in [3.63, 3.8) is 0 Å². The number of benzene rings is 1. The van der Waals surface area contributed by atoms with Crippen LogP contribution in [0, 0.1) is 0 Å². The molecule has 0 atom stereocenters. The molecule has 226 valence electrons. The Morgan fingerprint density at radius 1 is 0.229 bits per heavy atom. The lowest BCUT2D eigenvalue weighted by atomic mass is 9.94. The molecule has 0 amide bonds. The summed E-state index contributed by atoms with van der Waals surface area (Å²) in [5.41, 5.74) is 12.3. The first kappa shape index (κ1) is 28.7. The Morgan fingerprint density at radius 2 is 0.604 bits per heavy atom. The molecule has 1 aromatic carbocycles. The SMILES string of the molecule is c1ccc(-c2cc(-c3cc(-c4ccnc(-c5ccccn5)c4)cc(-c4cccc(-c5cccc(-c6ccccn6)n5)n4)c3)ccn2)nc1.